The normalized spacial score (nSPS) is 11.7. The first-order valence-electron chi connectivity index (χ1n) is 8.80. The van der Waals surface area contributed by atoms with E-state index in [0.717, 1.165) is 17.7 Å². The summed E-state index contributed by atoms with van der Waals surface area (Å²) in [6, 6.07) is 28.6. The molecule has 1 amide bonds. The van der Waals surface area contributed by atoms with Gasteiger partial charge in [-0.3, -0.25) is 4.79 Å². The van der Waals surface area contributed by atoms with Crippen molar-refractivity contribution in [1.29, 1.82) is 0 Å². The van der Waals surface area contributed by atoms with E-state index in [0.29, 0.717) is 11.0 Å². The summed E-state index contributed by atoms with van der Waals surface area (Å²) in [7, 11) is 0. The second-order valence-corrected chi connectivity index (χ2v) is 7.56. The van der Waals surface area contributed by atoms with Crippen LogP contribution >= 0.6 is 11.8 Å². The zero-order valence-corrected chi connectivity index (χ0v) is 15.7. The molecule has 0 spiro atoms. The molecule has 0 saturated carbocycles. The van der Waals surface area contributed by atoms with E-state index in [1.54, 1.807) is 11.8 Å². The average Bonchev–Trinajstić information content (AvgIpc) is 2.69. The van der Waals surface area contributed by atoms with Crippen LogP contribution in [0.25, 0.3) is 0 Å². The molecule has 3 aromatic rings. The fraction of sp³-hybridized carbons (Fsp3) is 0.174. The van der Waals surface area contributed by atoms with Gasteiger partial charge in [0.15, 0.2) is 0 Å². The molecule has 3 heteroatoms. The van der Waals surface area contributed by atoms with Gasteiger partial charge in [0, 0.05) is 10.9 Å². The van der Waals surface area contributed by atoms with Gasteiger partial charge in [-0.25, -0.2) is 0 Å². The number of anilines is 1. The van der Waals surface area contributed by atoms with Gasteiger partial charge in [-0.05, 0) is 36.1 Å². The molecule has 0 saturated heterocycles. The molecule has 0 bridgehead atoms. The molecular weight excluding hydrogens is 338 g/mol. The van der Waals surface area contributed by atoms with Crippen molar-refractivity contribution < 1.29 is 4.79 Å². The van der Waals surface area contributed by atoms with E-state index in [1.807, 2.05) is 54.6 Å². The Kier molecular flexibility index (Phi) is 6.50. The maximum atomic E-state index is 12.4. The average molecular weight is 362 g/mol. The maximum absolute atomic E-state index is 12.4. The topological polar surface area (TPSA) is 29.1 Å². The molecule has 0 aromatic heterocycles. The fourth-order valence-electron chi connectivity index (χ4n) is 2.82. The predicted octanol–water partition coefficient (Wildman–Crippen LogP) is 5.71. The van der Waals surface area contributed by atoms with Crippen molar-refractivity contribution in [2.45, 2.75) is 18.6 Å². The number of amides is 1. The lowest BCUT2D eigenvalue weighted by Gasteiger charge is -2.13. The van der Waals surface area contributed by atoms with Crippen molar-refractivity contribution in [2.75, 3.05) is 11.1 Å². The summed E-state index contributed by atoms with van der Waals surface area (Å²) in [4.78, 5) is 12.4. The van der Waals surface area contributed by atoms with E-state index in [-0.39, 0.29) is 5.91 Å². The lowest BCUT2D eigenvalue weighted by Crippen LogP contribution is -2.16. The number of para-hydroxylation sites is 1. The number of nitrogens with one attached hydrogen (secondary N) is 1. The molecule has 0 fully saturated rings. The number of thioether (sulfide) groups is 1. The Hall–Kier alpha value is -2.52. The van der Waals surface area contributed by atoms with Crippen LogP contribution in [0.2, 0.25) is 0 Å². The number of carbonyl (C=O) groups excluding carboxylic acids is 1. The molecule has 3 rings (SSSR count). The molecule has 0 aliphatic heterocycles. The highest BCUT2D eigenvalue weighted by atomic mass is 32.2. The van der Waals surface area contributed by atoms with Crippen LogP contribution in [0.5, 0.6) is 0 Å². The van der Waals surface area contributed by atoms with Crippen molar-refractivity contribution in [1.82, 2.24) is 0 Å². The molecule has 26 heavy (non-hydrogen) atoms. The zero-order chi connectivity index (χ0) is 18.2. The molecule has 0 aliphatic carbocycles. The van der Waals surface area contributed by atoms with Gasteiger partial charge in [-0.2, -0.15) is 0 Å². The quantitative estimate of drug-likeness (QED) is 0.584. The van der Waals surface area contributed by atoms with Crippen LogP contribution in [-0.4, -0.2) is 11.7 Å². The second kappa shape index (κ2) is 9.25. The first-order valence-corrected chi connectivity index (χ1v) is 9.85. The van der Waals surface area contributed by atoms with E-state index in [1.165, 1.54) is 11.1 Å². The first-order chi connectivity index (χ1) is 12.7. The lowest BCUT2D eigenvalue weighted by molar-refractivity contribution is -0.113. The fourth-order valence-corrected chi connectivity index (χ4v) is 3.64. The third-order valence-corrected chi connectivity index (χ3v) is 5.46. The van der Waals surface area contributed by atoms with Crippen LogP contribution in [0.1, 0.15) is 28.9 Å². The summed E-state index contributed by atoms with van der Waals surface area (Å²) in [6.07, 6.45) is 0.810. The number of hydrogen-bond donors (Lipinski definition) is 1. The van der Waals surface area contributed by atoms with E-state index in [2.05, 4.69) is 42.6 Å². The van der Waals surface area contributed by atoms with E-state index >= 15 is 0 Å². The molecule has 3 aromatic carbocycles. The summed E-state index contributed by atoms with van der Waals surface area (Å²) in [6.45, 7) is 2.14. The van der Waals surface area contributed by atoms with Crippen molar-refractivity contribution in [3.8, 4) is 0 Å². The predicted molar refractivity (Wildman–Crippen MR) is 112 cm³/mol. The van der Waals surface area contributed by atoms with E-state index < -0.39 is 0 Å². The van der Waals surface area contributed by atoms with E-state index in [9.17, 15) is 4.79 Å². The van der Waals surface area contributed by atoms with Crippen LogP contribution in [0, 0.1) is 0 Å². The van der Waals surface area contributed by atoms with Gasteiger partial charge in [0.05, 0.1) is 5.75 Å². The van der Waals surface area contributed by atoms with Gasteiger partial charge in [-0.15, -0.1) is 11.8 Å². The molecule has 1 atom stereocenters. The number of rotatable bonds is 7. The van der Waals surface area contributed by atoms with Crippen LogP contribution in [0.3, 0.4) is 0 Å². The third kappa shape index (κ3) is 5.24. The summed E-state index contributed by atoms with van der Waals surface area (Å²) in [5.41, 5.74) is 4.51. The molecule has 2 nitrogen and oxygen atoms in total. The van der Waals surface area contributed by atoms with Crippen molar-refractivity contribution in [3.05, 3.63) is 102 Å². The summed E-state index contributed by atoms with van der Waals surface area (Å²) in [5.74, 6) is 0.480. The largest absolute Gasteiger partial charge is 0.325 e. The Morgan fingerprint density at radius 3 is 2.23 bits per heavy atom. The van der Waals surface area contributed by atoms with Gasteiger partial charge in [0.1, 0.15) is 0 Å². The van der Waals surface area contributed by atoms with Gasteiger partial charge in [-0.1, -0.05) is 78.9 Å². The van der Waals surface area contributed by atoms with Crippen LogP contribution in [0.15, 0.2) is 84.9 Å². The molecule has 1 N–H and O–H groups in total. The molecule has 0 unspecified atom stereocenters. The number of hydrogen-bond acceptors (Lipinski definition) is 2. The standard InChI is InChI=1S/C23H23NOS/c1-18(20-12-6-3-7-13-20)26-17-23(25)24-22-15-9-8-14-21(22)16-19-10-4-2-5-11-19/h2-15,18H,16-17H2,1H3,(H,24,25)/t18-/m0/s1. The number of carbonyl (C=O) groups is 1. The molecule has 0 heterocycles. The monoisotopic (exact) mass is 361 g/mol. The smallest absolute Gasteiger partial charge is 0.234 e. The van der Waals surface area contributed by atoms with Crippen LogP contribution in [-0.2, 0) is 11.2 Å². The summed E-state index contributed by atoms with van der Waals surface area (Å²) in [5, 5.41) is 3.37. The van der Waals surface area contributed by atoms with Crippen LogP contribution in [0.4, 0.5) is 5.69 Å². The highest BCUT2D eigenvalue weighted by molar-refractivity contribution is 8.00. The summed E-state index contributed by atoms with van der Waals surface area (Å²) < 4.78 is 0. The van der Waals surface area contributed by atoms with Gasteiger partial charge in [0.2, 0.25) is 5.91 Å². The van der Waals surface area contributed by atoms with Crippen molar-refractivity contribution >= 4 is 23.4 Å². The minimum atomic E-state index is 0.0401. The van der Waals surface area contributed by atoms with Gasteiger partial charge in [0.25, 0.3) is 0 Å². The zero-order valence-electron chi connectivity index (χ0n) is 14.9. The highest BCUT2D eigenvalue weighted by Gasteiger charge is 2.11. The maximum Gasteiger partial charge on any atom is 0.234 e. The van der Waals surface area contributed by atoms with Crippen molar-refractivity contribution in [2.24, 2.45) is 0 Å². The Morgan fingerprint density at radius 1 is 0.885 bits per heavy atom. The molecule has 132 valence electrons. The highest BCUT2D eigenvalue weighted by Crippen LogP contribution is 2.28. The van der Waals surface area contributed by atoms with Crippen molar-refractivity contribution in [3.63, 3.8) is 0 Å². The first kappa shape index (κ1) is 18.3. The van der Waals surface area contributed by atoms with E-state index in [4.69, 9.17) is 0 Å². The van der Waals surface area contributed by atoms with Gasteiger partial charge < -0.3 is 5.32 Å². The lowest BCUT2D eigenvalue weighted by atomic mass is 10.0. The molecular formula is C23H23NOS. The van der Waals surface area contributed by atoms with Gasteiger partial charge >= 0.3 is 0 Å². The minimum absolute atomic E-state index is 0.0401. The Labute approximate surface area is 159 Å². The minimum Gasteiger partial charge on any atom is -0.325 e. The second-order valence-electron chi connectivity index (χ2n) is 6.23. The Morgan fingerprint density at radius 2 is 1.50 bits per heavy atom. The number of benzene rings is 3. The Balaban J connectivity index is 1.59. The third-order valence-electron chi connectivity index (χ3n) is 4.26. The molecule has 0 aliphatic rings. The van der Waals surface area contributed by atoms with Crippen LogP contribution < -0.4 is 5.32 Å². The molecule has 0 radical (unpaired) electrons. The summed E-state index contributed by atoms with van der Waals surface area (Å²) >= 11 is 1.65. The Bertz CT molecular complexity index is 833. The SMILES string of the molecule is C[C@H](SCC(=O)Nc1ccccc1Cc1ccccc1)c1ccccc1.